The fourth-order valence-electron chi connectivity index (χ4n) is 2.75. The molecule has 0 radical (unpaired) electrons. The zero-order valence-corrected chi connectivity index (χ0v) is 15.0. The van der Waals surface area contributed by atoms with Crippen LogP contribution >= 0.6 is 12.4 Å². The minimum atomic E-state index is -0.712. The number of carbonyl (C=O) groups is 2. The van der Waals surface area contributed by atoms with Gasteiger partial charge in [-0.05, 0) is 50.5 Å². The van der Waals surface area contributed by atoms with E-state index in [9.17, 15) is 9.59 Å². The Hall–Kier alpha value is -1.63. The van der Waals surface area contributed by atoms with E-state index in [-0.39, 0.29) is 36.9 Å². The lowest BCUT2D eigenvalue weighted by molar-refractivity contribution is -0.118. The summed E-state index contributed by atoms with van der Waals surface area (Å²) in [5.74, 6) is -0.262. The van der Waals surface area contributed by atoms with E-state index in [4.69, 9.17) is 10.5 Å². The molecule has 24 heavy (non-hydrogen) atoms. The Bertz CT molecular complexity index is 551. The lowest BCUT2D eigenvalue weighted by Gasteiger charge is -2.33. The number of hydrogen-bond acceptors (Lipinski definition) is 4. The molecule has 7 heteroatoms. The van der Waals surface area contributed by atoms with Crippen molar-refractivity contribution in [3.8, 4) is 0 Å². The van der Waals surface area contributed by atoms with Crippen LogP contribution in [0.1, 0.15) is 36.5 Å². The van der Waals surface area contributed by atoms with Gasteiger partial charge in [-0.15, -0.1) is 12.4 Å². The Balaban J connectivity index is 0.00000288. The van der Waals surface area contributed by atoms with E-state index in [0.717, 1.165) is 19.4 Å². The van der Waals surface area contributed by atoms with E-state index in [2.05, 4.69) is 12.2 Å². The molecule has 1 heterocycles. The third-order valence-electron chi connectivity index (χ3n) is 4.15. The maximum Gasteiger partial charge on any atom is 0.254 e. The van der Waals surface area contributed by atoms with Crippen LogP contribution in [0.15, 0.2) is 24.3 Å². The fraction of sp³-hybridized carbons (Fsp3) is 0.529. The second-order valence-electron chi connectivity index (χ2n) is 5.97. The van der Waals surface area contributed by atoms with Gasteiger partial charge in [0.05, 0.1) is 6.61 Å². The Morgan fingerprint density at radius 3 is 2.58 bits per heavy atom. The third-order valence-corrected chi connectivity index (χ3v) is 4.15. The SMILES string of the molecule is COCC(N)C(=O)Nc1ccc(C(=O)N2CCCCC2C)cc1.Cl. The number of methoxy groups -OCH3 is 1. The van der Waals surface area contributed by atoms with Gasteiger partial charge in [-0.1, -0.05) is 0 Å². The highest BCUT2D eigenvalue weighted by Gasteiger charge is 2.24. The number of anilines is 1. The number of carbonyl (C=O) groups excluding carboxylic acids is 2. The van der Waals surface area contributed by atoms with Crippen molar-refractivity contribution in [2.45, 2.75) is 38.3 Å². The van der Waals surface area contributed by atoms with Gasteiger partial charge >= 0.3 is 0 Å². The summed E-state index contributed by atoms with van der Waals surface area (Å²) in [5.41, 5.74) is 6.92. The van der Waals surface area contributed by atoms with Crippen LogP contribution < -0.4 is 11.1 Å². The highest BCUT2D eigenvalue weighted by Crippen LogP contribution is 2.20. The molecule has 1 fully saturated rings. The van der Waals surface area contributed by atoms with Gasteiger partial charge in [0, 0.05) is 30.9 Å². The van der Waals surface area contributed by atoms with E-state index < -0.39 is 6.04 Å². The summed E-state index contributed by atoms with van der Waals surface area (Å²) in [6, 6.07) is 6.49. The second-order valence-corrected chi connectivity index (χ2v) is 5.97. The largest absolute Gasteiger partial charge is 0.383 e. The third kappa shape index (κ3) is 5.19. The molecule has 0 aliphatic carbocycles. The normalized spacial score (nSPS) is 18.5. The van der Waals surface area contributed by atoms with E-state index >= 15 is 0 Å². The zero-order chi connectivity index (χ0) is 16.8. The Morgan fingerprint density at radius 2 is 2.00 bits per heavy atom. The molecule has 0 saturated carbocycles. The topological polar surface area (TPSA) is 84.7 Å². The number of rotatable bonds is 5. The van der Waals surface area contributed by atoms with E-state index in [1.165, 1.54) is 13.5 Å². The number of ether oxygens (including phenoxy) is 1. The van der Waals surface area contributed by atoms with Crippen molar-refractivity contribution in [2.24, 2.45) is 5.73 Å². The number of likely N-dealkylation sites (tertiary alicyclic amines) is 1. The van der Waals surface area contributed by atoms with Crippen LogP contribution in [-0.2, 0) is 9.53 Å². The highest BCUT2D eigenvalue weighted by molar-refractivity contribution is 5.97. The smallest absolute Gasteiger partial charge is 0.254 e. The maximum absolute atomic E-state index is 12.5. The van der Waals surface area contributed by atoms with E-state index in [0.29, 0.717) is 11.3 Å². The quantitative estimate of drug-likeness (QED) is 0.846. The molecule has 1 aromatic carbocycles. The molecule has 2 rings (SSSR count). The molecule has 0 bridgehead atoms. The van der Waals surface area contributed by atoms with Crippen molar-refractivity contribution < 1.29 is 14.3 Å². The predicted molar refractivity (Wildman–Crippen MR) is 96.5 cm³/mol. The molecule has 3 N–H and O–H groups in total. The van der Waals surface area contributed by atoms with Gasteiger partial charge in [0.1, 0.15) is 6.04 Å². The first-order valence-electron chi connectivity index (χ1n) is 7.99. The zero-order valence-electron chi connectivity index (χ0n) is 14.2. The summed E-state index contributed by atoms with van der Waals surface area (Å²) in [6.45, 7) is 3.06. The Labute approximate surface area is 149 Å². The van der Waals surface area contributed by atoms with Crippen LogP contribution in [0.5, 0.6) is 0 Å². The lowest BCUT2D eigenvalue weighted by Crippen LogP contribution is -2.42. The second kappa shape index (κ2) is 9.61. The molecule has 1 aliphatic heterocycles. The van der Waals surface area contributed by atoms with Crippen LogP contribution in [0.3, 0.4) is 0 Å². The predicted octanol–water partition coefficient (Wildman–Crippen LogP) is 2.04. The molecule has 0 spiro atoms. The van der Waals surface area contributed by atoms with Crippen molar-refractivity contribution in [3.63, 3.8) is 0 Å². The Morgan fingerprint density at radius 1 is 1.33 bits per heavy atom. The van der Waals surface area contributed by atoms with Crippen molar-refractivity contribution in [1.29, 1.82) is 0 Å². The van der Waals surface area contributed by atoms with Crippen LogP contribution in [0.25, 0.3) is 0 Å². The van der Waals surface area contributed by atoms with Crippen molar-refractivity contribution in [3.05, 3.63) is 29.8 Å². The van der Waals surface area contributed by atoms with Gasteiger partial charge in [-0.3, -0.25) is 9.59 Å². The number of halogens is 1. The van der Waals surface area contributed by atoms with Gasteiger partial charge in [-0.25, -0.2) is 0 Å². The van der Waals surface area contributed by atoms with E-state index in [1.807, 2.05) is 4.90 Å². The number of piperidine rings is 1. The molecule has 2 unspecified atom stereocenters. The molecule has 134 valence electrons. The number of benzene rings is 1. The first-order valence-corrected chi connectivity index (χ1v) is 7.99. The standard InChI is InChI=1S/C17H25N3O3.ClH/c1-12-5-3-4-10-20(12)17(22)13-6-8-14(9-7-13)19-16(21)15(18)11-23-2;/h6-9,12,15H,3-5,10-11,18H2,1-2H3,(H,19,21);1H. The molecular formula is C17H26ClN3O3. The van der Waals surface area contributed by atoms with Gasteiger partial charge in [0.25, 0.3) is 5.91 Å². The molecule has 6 nitrogen and oxygen atoms in total. The van der Waals surface area contributed by atoms with Crippen LogP contribution in [0.2, 0.25) is 0 Å². The number of hydrogen-bond donors (Lipinski definition) is 2. The lowest BCUT2D eigenvalue weighted by atomic mass is 10.0. The molecule has 2 atom stereocenters. The number of amides is 2. The van der Waals surface area contributed by atoms with Gasteiger partial charge in [-0.2, -0.15) is 0 Å². The van der Waals surface area contributed by atoms with Crippen LogP contribution in [0.4, 0.5) is 5.69 Å². The summed E-state index contributed by atoms with van der Waals surface area (Å²) in [5, 5.41) is 2.71. The van der Waals surface area contributed by atoms with E-state index in [1.54, 1.807) is 24.3 Å². The van der Waals surface area contributed by atoms with Gasteiger partial charge < -0.3 is 20.7 Å². The molecular weight excluding hydrogens is 330 g/mol. The van der Waals surface area contributed by atoms with Crippen molar-refractivity contribution in [2.75, 3.05) is 25.6 Å². The van der Waals surface area contributed by atoms with Crippen LogP contribution in [-0.4, -0.2) is 49.1 Å². The molecule has 1 saturated heterocycles. The summed E-state index contributed by atoms with van der Waals surface area (Å²) < 4.78 is 4.85. The number of nitrogens with zero attached hydrogens (tertiary/aromatic N) is 1. The van der Waals surface area contributed by atoms with Crippen molar-refractivity contribution in [1.82, 2.24) is 4.90 Å². The van der Waals surface area contributed by atoms with Crippen molar-refractivity contribution >= 4 is 29.9 Å². The summed E-state index contributed by atoms with van der Waals surface area (Å²) in [7, 11) is 1.50. The molecule has 0 aromatic heterocycles. The number of nitrogens with one attached hydrogen (secondary N) is 1. The number of nitrogens with two attached hydrogens (primary N) is 1. The highest BCUT2D eigenvalue weighted by atomic mass is 35.5. The van der Waals surface area contributed by atoms with Gasteiger partial charge in [0.15, 0.2) is 0 Å². The van der Waals surface area contributed by atoms with Gasteiger partial charge in [0.2, 0.25) is 5.91 Å². The summed E-state index contributed by atoms with van der Waals surface area (Å²) in [6.07, 6.45) is 3.29. The molecule has 1 aromatic rings. The summed E-state index contributed by atoms with van der Waals surface area (Å²) >= 11 is 0. The first kappa shape index (κ1) is 20.4. The van der Waals surface area contributed by atoms with Crippen LogP contribution in [0, 0.1) is 0 Å². The monoisotopic (exact) mass is 355 g/mol. The molecule has 2 amide bonds. The minimum Gasteiger partial charge on any atom is -0.383 e. The Kier molecular flexibility index (Phi) is 8.18. The first-order chi connectivity index (χ1) is 11.0. The maximum atomic E-state index is 12.5. The average Bonchev–Trinajstić information content (AvgIpc) is 2.55. The molecule has 1 aliphatic rings. The average molecular weight is 356 g/mol. The fourth-order valence-corrected chi connectivity index (χ4v) is 2.75. The minimum absolute atomic E-state index is 0. The summed E-state index contributed by atoms with van der Waals surface area (Å²) in [4.78, 5) is 26.3.